The fourth-order valence-corrected chi connectivity index (χ4v) is 3.58. The Kier molecular flexibility index (Phi) is 5.80. The van der Waals surface area contributed by atoms with Crippen LogP contribution in [0, 0.1) is 0 Å². The molecule has 0 aliphatic rings. The molecule has 0 aliphatic heterocycles. The summed E-state index contributed by atoms with van der Waals surface area (Å²) in [6.45, 7) is -0.115. The Labute approximate surface area is 190 Å². The average Bonchev–Trinajstić information content (AvgIpc) is 3.32. The van der Waals surface area contributed by atoms with E-state index in [1.165, 1.54) is 0 Å². The van der Waals surface area contributed by atoms with Gasteiger partial charge in [-0.05, 0) is 40.6 Å². The molecule has 0 spiro atoms. The van der Waals surface area contributed by atoms with Gasteiger partial charge in [0.15, 0.2) is 12.4 Å². The van der Waals surface area contributed by atoms with Crippen LogP contribution in [0.2, 0.25) is 0 Å². The van der Waals surface area contributed by atoms with Crippen LogP contribution >= 0.6 is 0 Å². The number of hydrogen-bond donors (Lipinski definition) is 1. The highest BCUT2D eigenvalue weighted by atomic mass is 16.5. The topological polar surface area (TPSA) is 77.2 Å². The van der Waals surface area contributed by atoms with Gasteiger partial charge in [0.1, 0.15) is 5.75 Å². The number of amides is 1. The third kappa shape index (κ3) is 4.91. The van der Waals surface area contributed by atoms with Gasteiger partial charge >= 0.3 is 0 Å². The average molecular weight is 435 g/mol. The fraction of sp³-hybridized carbons (Fsp3) is 0.0741. The van der Waals surface area contributed by atoms with E-state index < -0.39 is 0 Å². The molecule has 0 saturated heterocycles. The van der Waals surface area contributed by atoms with Gasteiger partial charge < -0.3 is 14.6 Å². The monoisotopic (exact) mass is 435 g/mol. The summed E-state index contributed by atoms with van der Waals surface area (Å²) in [5, 5.41) is 9.15. The number of rotatable bonds is 7. The smallest absolute Gasteiger partial charge is 0.262 e. The summed E-state index contributed by atoms with van der Waals surface area (Å²) in [7, 11) is 0. The maximum Gasteiger partial charge on any atom is 0.262 e. The van der Waals surface area contributed by atoms with Crippen molar-refractivity contribution in [1.29, 1.82) is 0 Å². The van der Waals surface area contributed by atoms with Crippen molar-refractivity contribution in [1.82, 2.24) is 10.1 Å². The summed E-state index contributed by atoms with van der Waals surface area (Å²) in [5.41, 5.74) is 2.33. The minimum Gasteiger partial charge on any atom is -0.484 e. The summed E-state index contributed by atoms with van der Waals surface area (Å²) >= 11 is 0. The molecule has 0 atom stereocenters. The van der Waals surface area contributed by atoms with E-state index in [4.69, 9.17) is 9.26 Å². The van der Waals surface area contributed by atoms with Crippen LogP contribution in [-0.2, 0) is 11.2 Å². The Balaban J connectivity index is 1.26. The van der Waals surface area contributed by atoms with Crippen molar-refractivity contribution in [3.8, 4) is 17.2 Å². The summed E-state index contributed by atoms with van der Waals surface area (Å²) in [6, 6.07) is 31.0. The van der Waals surface area contributed by atoms with E-state index in [-0.39, 0.29) is 12.5 Å². The maximum absolute atomic E-state index is 12.6. The lowest BCUT2D eigenvalue weighted by atomic mass is 10.1. The van der Waals surface area contributed by atoms with Gasteiger partial charge in [0.25, 0.3) is 11.8 Å². The van der Waals surface area contributed by atoms with Gasteiger partial charge in [0.2, 0.25) is 0 Å². The Morgan fingerprint density at radius 2 is 1.61 bits per heavy atom. The van der Waals surface area contributed by atoms with Crippen molar-refractivity contribution in [3.63, 3.8) is 0 Å². The van der Waals surface area contributed by atoms with Crippen molar-refractivity contribution in [2.75, 3.05) is 11.9 Å². The first-order valence-electron chi connectivity index (χ1n) is 10.6. The first-order chi connectivity index (χ1) is 16.2. The van der Waals surface area contributed by atoms with Crippen molar-refractivity contribution < 1.29 is 14.1 Å². The quantitative estimate of drug-likeness (QED) is 0.365. The van der Waals surface area contributed by atoms with E-state index in [0.29, 0.717) is 35.1 Å². The van der Waals surface area contributed by atoms with Gasteiger partial charge in [-0.3, -0.25) is 4.79 Å². The van der Waals surface area contributed by atoms with Crippen LogP contribution in [0.5, 0.6) is 5.75 Å². The highest BCUT2D eigenvalue weighted by Crippen LogP contribution is 2.27. The number of nitrogens with zero attached hydrogens (tertiary/aromatic N) is 2. The molecular weight excluding hydrogens is 414 g/mol. The van der Waals surface area contributed by atoms with Crippen molar-refractivity contribution >= 4 is 22.4 Å². The molecule has 162 valence electrons. The van der Waals surface area contributed by atoms with Gasteiger partial charge in [-0.15, -0.1) is 0 Å². The number of ether oxygens (including phenoxy) is 1. The van der Waals surface area contributed by atoms with Gasteiger partial charge in [-0.1, -0.05) is 78.0 Å². The molecule has 6 heteroatoms. The molecule has 1 N–H and O–H groups in total. The largest absolute Gasteiger partial charge is 0.484 e. The number of anilines is 1. The second kappa shape index (κ2) is 9.36. The first kappa shape index (κ1) is 20.5. The molecule has 5 rings (SSSR count). The van der Waals surface area contributed by atoms with Crippen LogP contribution in [-0.4, -0.2) is 22.7 Å². The predicted molar refractivity (Wildman–Crippen MR) is 127 cm³/mol. The van der Waals surface area contributed by atoms with Crippen molar-refractivity contribution in [2.45, 2.75) is 6.42 Å². The SMILES string of the molecule is O=C(COc1ccc2ccccc2c1)Nc1ccccc1-c1nc(Cc2ccccc2)no1. The number of hydrogen-bond acceptors (Lipinski definition) is 5. The molecule has 0 radical (unpaired) electrons. The Bertz CT molecular complexity index is 1400. The lowest BCUT2D eigenvalue weighted by Crippen LogP contribution is -2.20. The summed E-state index contributed by atoms with van der Waals surface area (Å²) in [5.74, 6) is 1.29. The van der Waals surface area contributed by atoms with Gasteiger partial charge in [-0.25, -0.2) is 0 Å². The van der Waals surface area contributed by atoms with Gasteiger partial charge in [0.05, 0.1) is 11.3 Å². The second-order valence-corrected chi connectivity index (χ2v) is 7.57. The van der Waals surface area contributed by atoms with Crippen LogP contribution in [0.25, 0.3) is 22.2 Å². The minimum atomic E-state index is -0.278. The molecular formula is C27H21N3O3. The van der Waals surface area contributed by atoms with E-state index >= 15 is 0 Å². The van der Waals surface area contributed by atoms with Crippen LogP contribution in [0.1, 0.15) is 11.4 Å². The summed E-state index contributed by atoms with van der Waals surface area (Å²) in [4.78, 5) is 17.1. The van der Waals surface area contributed by atoms with Crippen LogP contribution in [0.4, 0.5) is 5.69 Å². The predicted octanol–water partition coefficient (Wildman–Crippen LogP) is 5.50. The molecule has 1 aromatic heterocycles. The molecule has 0 fully saturated rings. The zero-order valence-electron chi connectivity index (χ0n) is 17.8. The molecule has 0 aliphatic carbocycles. The molecule has 4 aromatic carbocycles. The molecule has 0 saturated carbocycles. The third-order valence-electron chi connectivity index (χ3n) is 5.20. The number of benzene rings is 4. The molecule has 0 unspecified atom stereocenters. The lowest BCUT2D eigenvalue weighted by molar-refractivity contribution is -0.118. The van der Waals surface area contributed by atoms with E-state index in [1.807, 2.05) is 91.0 Å². The van der Waals surface area contributed by atoms with Crippen LogP contribution in [0.3, 0.4) is 0 Å². The highest BCUT2D eigenvalue weighted by Gasteiger charge is 2.15. The van der Waals surface area contributed by atoms with E-state index in [0.717, 1.165) is 16.3 Å². The number of nitrogens with one attached hydrogen (secondary N) is 1. The second-order valence-electron chi connectivity index (χ2n) is 7.57. The van der Waals surface area contributed by atoms with E-state index in [9.17, 15) is 4.79 Å². The normalized spacial score (nSPS) is 10.8. The maximum atomic E-state index is 12.6. The Morgan fingerprint density at radius 3 is 2.48 bits per heavy atom. The number of carbonyl (C=O) groups is 1. The first-order valence-corrected chi connectivity index (χ1v) is 10.6. The Hall–Kier alpha value is -4.45. The molecule has 1 heterocycles. The van der Waals surface area contributed by atoms with Gasteiger partial charge in [-0.2, -0.15) is 4.98 Å². The number of para-hydroxylation sites is 1. The Morgan fingerprint density at radius 1 is 0.848 bits per heavy atom. The van der Waals surface area contributed by atoms with E-state index in [2.05, 4.69) is 15.5 Å². The molecule has 5 aromatic rings. The van der Waals surface area contributed by atoms with Gasteiger partial charge in [0, 0.05) is 6.42 Å². The summed E-state index contributed by atoms with van der Waals surface area (Å²) < 4.78 is 11.2. The molecule has 1 amide bonds. The van der Waals surface area contributed by atoms with E-state index in [1.54, 1.807) is 6.07 Å². The van der Waals surface area contributed by atoms with Crippen LogP contribution in [0.15, 0.2) is 102 Å². The molecule has 0 bridgehead atoms. The van der Waals surface area contributed by atoms with Crippen molar-refractivity contribution in [3.05, 3.63) is 108 Å². The number of carbonyl (C=O) groups excluding carboxylic acids is 1. The zero-order valence-corrected chi connectivity index (χ0v) is 17.8. The fourth-order valence-electron chi connectivity index (χ4n) is 3.58. The number of aromatic nitrogens is 2. The zero-order chi connectivity index (χ0) is 22.5. The minimum absolute atomic E-state index is 0.115. The van der Waals surface area contributed by atoms with Crippen LogP contribution < -0.4 is 10.1 Å². The standard InChI is InChI=1S/C27H21N3O3/c31-26(18-32-22-15-14-20-10-4-5-11-21(20)17-22)28-24-13-7-6-12-23(24)27-29-25(30-33-27)16-19-8-2-1-3-9-19/h1-15,17H,16,18H2,(H,28,31). The summed E-state index contributed by atoms with van der Waals surface area (Å²) in [6.07, 6.45) is 0.568. The highest BCUT2D eigenvalue weighted by molar-refractivity contribution is 5.95. The lowest BCUT2D eigenvalue weighted by Gasteiger charge is -2.10. The van der Waals surface area contributed by atoms with Crippen molar-refractivity contribution in [2.24, 2.45) is 0 Å². The third-order valence-corrected chi connectivity index (χ3v) is 5.20. The number of fused-ring (bicyclic) bond motifs is 1. The molecule has 6 nitrogen and oxygen atoms in total. The molecule has 33 heavy (non-hydrogen) atoms.